The number of amides is 1. The Hall–Kier alpha value is -2.47. The highest BCUT2D eigenvalue weighted by atomic mass is 32.2. The van der Waals surface area contributed by atoms with E-state index in [4.69, 9.17) is 17.2 Å². The number of nitrogens with zero attached hydrogens (tertiary/aromatic N) is 3. The Kier molecular flexibility index (Phi) is 6.13. The molecular formula is C23H19N3O4S4. The fourth-order valence-electron chi connectivity index (χ4n) is 3.94. The van der Waals surface area contributed by atoms with Gasteiger partial charge in [0.1, 0.15) is 15.0 Å². The van der Waals surface area contributed by atoms with Crippen LogP contribution in [-0.2, 0) is 14.6 Å². The van der Waals surface area contributed by atoms with Crippen molar-refractivity contribution in [2.24, 2.45) is 0 Å². The van der Waals surface area contributed by atoms with Crippen LogP contribution >= 0.6 is 35.7 Å². The van der Waals surface area contributed by atoms with Crippen LogP contribution in [0.25, 0.3) is 11.7 Å². The lowest BCUT2D eigenvalue weighted by Crippen LogP contribution is -2.39. The van der Waals surface area contributed by atoms with E-state index in [1.807, 2.05) is 43.3 Å². The standard InChI is InChI=1S/C23H19N3O4S4/c1-14-7-8-19-24-20(32-16-5-3-2-4-6-16)17(21(27)25(19)12-14)11-18-22(28)26(23(31)33-18)15-9-10-34(29,30)13-15/h2-8,11-12,15H,9-10,13H2,1H3/b18-11+. The van der Waals surface area contributed by atoms with Gasteiger partial charge in [-0.2, -0.15) is 0 Å². The van der Waals surface area contributed by atoms with Gasteiger partial charge in [0.2, 0.25) is 0 Å². The molecule has 2 fully saturated rings. The molecule has 2 aromatic heterocycles. The summed E-state index contributed by atoms with van der Waals surface area (Å²) < 4.78 is 25.7. The molecule has 1 aromatic carbocycles. The molecule has 11 heteroatoms. The van der Waals surface area contributed by atoms with E-state index in [1.54, 1.807) is 12.3 Å². The lowest BCUT2D eigenvalue weighted by atomic mass is 10.2. The molecule has 1 amide bonds. The average Bonchev–Trinajstić information content (AvgIpc) is 3.29. The van der Waals surface area contributed by atoms with Crippen molar-refractivity contribution in [2.75, 3.05) is 11.5 Å². The monoisotopic (exact) mass is 529 g/mol. The normalized spacial score (nSPS) is 21.1. The molecule has 0 N–H and O–H groups in total. The van der Waals surface area contributed by atoms with Gasteiger partial charge in [-0.15, -0.1) is 0 Å². The maximum absolute atomic E-state index is 13.5. The molecule has 1 unspecified atom stereocenters. The number of thioether (sulfide) groups is 1. The molecule has 0 saturated carbocycles. The summed E-state index contributed by atoms with van der Waals surface area (Å²) in [5.74, 6) is -0.427. The van der Waals surface area contributed by atoms with E-state index in [0.29, 0.717) is 21.4 Å². The number of thiocarbonyl (C=S) groups is 1. The zero-order valence-corrected chi connectivity index (χ0v) is 21.3. The molecule has 2 aliphatic rings. The summed E-state index contributed by atoms with van der Waals surface area (Å²) in [6, 6.07) is 12.8. The van der Waals surface area contributed by atoms with Gasteiger partial charge in [-0.3, -0.25) is 18.9 Å². The largest absolute Gasteiger partial charge is 0.289 e. The van der Waals surface area contributed by atoms with Crippen molar-refractivity contribution in [3.63, 3.8) is 0 Å². The van der Waals surface area contributed by atoms with E-state index in [2.05, 4.69) is 0 Å². The average molecular weight is 530 g/mol. The van der Waals surface area contributed by atoms with Gasteiger partial charge in [0.25, 0.3) is 11.5 Å². The summed E-state index contributed by atoms with van der Waals surface area (Å²) in [5, 5.41) is 0.480. The van der Waals surface area contributed by atoms with Crippen molar-refractivity contribution in [2.45, 2.75) is 29.3 Å². The minimum Gasteiger partial charge on any atom is -0.289 e. The van der Waals surface area contributed by atoms with Gasteiger partial charge in [-0.05, 0) is 43.2 Å². The highest BCUT2D eigenvalue weighted by Crippen LogP contribution is 2.37. The van der Waals surface area contributed by atoms with Gasteiger partial charge in [-0.25, -0.2) is 13.4 Å². The van der Waals surface area contributed by atoms with Crippen LogP contribution in [0.2, 0.25) is 0 Å². The van der Waals surface area contributed by atoms with Crippen LogP contribution in [-0.4, -0.2) is 50.5 Å². The van der Waals surface area contributed by atoms with Gasteiger partial charge < -0.3 is 0 Å². The van der Waals surface area contributed by atoms with Crippen molar-refractivity contribution in [1.82, 2.24) is 14.3 Å². The summed E-state index contributed by atoms with van der Waals surface area (Å²) in [6.07, 6.45) is 3.61. The molecule has 34 heavy (non-hydrogen) atoms. The summed E-state index contributed by atoms with van der Waals surface area (Å²) in [7, 11) is -3.18. The van der Waals surface area contributed by atoms with Crippen molar-refractivity contribution in [1.29, 1.82) is 0 Å². The van der Waals surface area contributed by atoms with Crippen LogP contribution in [0.4, 0.5) is 0 Å². The number of benzene rings is 1. The van der Waals surface area contributed by atoms with Gasteiger partial charge in [0, 0.05) is 11.1 Å². The second-order valence-electron chi connectivity index (χ2n) is 8.09. The fraction of sp³-hybridized carbons (Fsp3) is 0.217. The van der Waals surface area contributed by atoms with E-state index in [0.717, 1.165) is 22.2 Å². The number of hydrogen-bond donors (Lipinski definition) is 0. The van der Waals surface area contributed by atoms with Crippen LogP contribution in [0.1, 0.15) is 17.5 Å². The lowest BCUT2D eigenvalue weighted by molar-refractivity contribution is -0.123. The molecule has 4 heterocycles. The van der Waals surface area contributed by atoms with E-state index in [1.165, 1.54) is 27.1 Å². The van der Waals surface area contributed by atoms with E-state index in [9.17, 15) is 18.0 Å². The van der Waals surface area contributed by atoms with Crippen LogP contribution in [0.15, 0.2) is 68.3 Å². The third-order valence-corrected chi connectivity index (χ3v) is 9.69. The van der Waals surface area contributed by atoms with E-state index < -0.39 is 15.9 Å². The predicted octanol–water partition coefficient (Wildman–Crippen LogP) is 3.54. The Morgan fingerprint density at radius 1 is 1.18 bits per heavy atom. The SMILES string of the molecule is Cc1ccc2nc(Sc3ccccc3)c(/C=C3/SC(=S)N(C4CCS(=O)(=O)C4)C3=O)c(=O)n2c1. The summed E-state index contributed by atoms with van der Waals surface area (Å²) >= 11 is 7.84. The lowest BCUT2D eigenvalue weighted by Gasteiger charge is -2.20. The summed E-state index contributed by atoms with van der Waals surface area (Å²) in [6.45, 7) is 1.89. The number of carbonyl (C=O) groups is 1. The Morgan fingerprint density at radius 3 is 2.65 bits per heavy atom. The number of hydrogen-bond acceptors (Lipinski definition) is 8. The molecule has 5 rings (SSSR count). The maximum Gasteiger partial charge on any atom is 0.266 e. The van der Waals surface area contributed by atoms with Gasteiger partial charge >= 0.3 is 0 Å². The molecule has 1 atom stereocenters. The first-order valence-electron chi connectivity index (χ1n) is 10.5. The van der Waals surface area contributed by atoms with Crippen LogP contribution < -0.4 is 5.56 Å². The van der Waals surface area contributed by atoms with Gasteiger partial charge in [-0.1, -0.05) is 60.0 Å². The smallest absolute Gasteiger partial charge is 0.266 e. The predicted molar refractivity (Wildman–Crippen MR) is 139 cm³/mol. The number of rotatable bonds is 4. The van der Waals surface area contributed by atoms with E-state index in [-0.39, 0.29) is 33.4 Å². The van der Waals surface area contributed by atoms with Crippen molar-refractivity contribution >= 4 is 67.5 Å². The summed E-state index contributed by atoms with van der Waals surface area (Å²) in [4.78, 5) is 34.0. The van der Waals surface area contributed by atoms with Gasteiger partial charge in [0.05, 0.1) is 28.0 Å². The molecule has 0 radical (unpaired) electrons. The maximum atomic E-state index is 13.5. The second kappa shape index (κ2) is 8.95. The first-order chi connectivity index (χ1) is 16.2. The zero-order chi connectivity index (χ0) is 24.0. The Labute approximate surface area is 210 Å². The molecule has 3 aromatic rings. The molecular weight excluding hydrogens is 511 g/mol. The highest BCUT2D eigenvalue weighted by Gasteiger charge is 2.42. The topological polar surface area (TPSA) is 88.8 Å². The molecule has 0 bridgehead atoms. The Morgan fingerprint density at radius 2 is 1.94 bits per heavy atom. The van der Waals surface area contributed by atoms with Crippen LogP contribution in [0.3, 0.4) is 0 Å². The zero-order valence-electron chi connectivity index (χ0n) is 18.0. The minimum atomic E-state index is -3.18. The minimum absolute atomic E-state index is 0.0426. The number of pyridine rings is 1. The Bertz CT molecular complexity index is 1530. The highest BCUT2D eigenvalue weighted by molar-refractivity contribution is 8.26. The molecule has 0 spiro atoms. The number of aromatic nitrogens is 2. The van der Waals surface area contributed by atoms with Crippen LogP contribution in [0, 0.1) is 6.92 Å². The summed E-state index contributed by atoms with van der Waals surface area (Å²) in [5.41, 5.74) is 1.41. The van der Waals surface area contributed by atoms with Crippen molar-refractivity contribution in [3.8, 4) is 0 Å². The fourth-order valence-corrected chi connectivity index (χ4v) is 7.94. The number of carbonyl (C=O) groups excluding carboxylic acids is 1. The molecule has 2 saturated heterocycles. The third-order valence-electron chi connectivity index (χ3n) is 5.60. The van der Waals surface area contributed by atoms with E-state index >= 15 is 0 Å². The molecule has 7 nitrogen and oxygen atoms in total. The quantitative estimate of drug-likeness (QED) is 0.288. The molecule has 2 aliphatic heterocycles. The number of aryl methyl sites for hydroxylation is 1. The van der Waals surface area contributed by atoms with Crippen molar-refractivity contribution < 1.29 is 13.2 Å². The van der Waals surface area contributed by atoms with Crippen LogP contribution in [0.5, 0.6) is 0 Å². The first kappa shape index (κ1) is 23.3. The first-order valence-corrected chi connectivity index (χ1v) is 14.3. The van der Waals surface area contributed by atoms with Crippen molar-refractivity contribution in [3.05, 3.63) is 75.0 Å². The number of sulfone groups is 1. The third kappa shape index (κ3) is 4.45. The molecule has 0 aliphatic carbocycles. The second-order valence-corrected chi connectivity index (χ2v) is 13.1. The molecule has 174 valence electrons. The Balaban J connectivity index is 1.60. The van der Waals surface area contributed by atoms with Gasteiger partial charge in [0.15, 0.2) is 9.84 Å². The number of fused-ring (bicyclic) bond motifs is 1.